The van der Waals surface area contributed by atoms with E-state index in [1.807, 2.05) is 0 Å². The average molecular weight is 222 g/mol. The Morgan fingerprint density at radius 1 is 1.50 bits per heavy atom. The van der Waals surface area contributed by atoms with Gasteiger partial charge in [-0.05, 0) is 25.3 Å². The SMILES string of the molecule is CCCOBOC1CNCCC1C.Cl. The van der Waals surface area contributed by atoms with E-state index in [1.165, 1.54) is 6.42 Å². The van der Waals surface area contributed by atoms with E-state index in [0.717, 1.165) is 26.1 Å². The second-order valence-electron chi connectivity index (χ2n) is 3.70. The molecule has 1 heterocycles. The topological polar surface area (TPSA) is 30.5 Å². The molecule has 5 heteroatoms. The second kappa shape index (κ2) is 8.54. The molecule has 0 aromatic rings. The first-order valence-corrected chi connectivity index (χ1v) is 5.24. The minimum absolute atomic E-state index is 0. The van der Waals surface area contributed by atoms with Gasteiger partial charge in [-0.2, -0.15) is 0 Å². The Hall–Kier alpha value is 0.235. The fraction of sp³-hybridized carbons (Fsp3) is 1.00. The van der Waals surface area contributed by atoms with Gasteiger partial charge in [-0.1, -0.05) is 13.8 Å². The van der Waals surface area contributed by atoms with Crippen molar-refractivity contribution in [2.75, 3.05) is 19.7 Å². The molecule has 0 radical (unpaired) electrons. The van der Waals surface area contributed by atoms with Crippen molar-refractivity contribution in [3.63, 3.8) is 0 Å². The van der Waals surface area contributed by atoms with Crippen molar-refractivity contribution in [1.82, 2.24) is 5.32 Å². The lowest BCUT2D eigenvalue weighted by Crippen LogP contribution is -2.41. The molecule has 1 aliphatic rings. The minimum Gasteiger partial charge on any atom is -0.414 e. The summed E-state index contributed by atoms with van der Waals surface area (Å²) in [6.07, 6.45) is 2.60. The van der Waals surface area contributed by atoms with E-state index in [1.54, 1.807) is 0 Å². The van der Waals surface area contributed by atoms with Crippen LogP contribution in [-0.2, 0) is 9.31 Å². The summed E-state index contributed by atoms with van der Waals surface area (Å²) in [7, 11) is 0.449. The van der Waals surface area contributed by atoms with Crippen molar-refractivity contribution in [3.8, 4) is 0 Å². The van der Waals surface area contributed by atoms with E-state index in [0.29, 0.717) is 19.7 Å². The monoisotopic (exact) mass is 221 g/mol. The van der Waals surface area contributed by atoms with Crippen molar-refractivity contribution >= 4 is 20.1 Å². The molecule has 0 aromatic heterocycles. The lowest BCUT2D eigenvalue weighted by atomic mass is 9.97. The molecule has 2 atom stereocenters. The Bertz CT molecular complexity index is 140. The molecule has 3 nitrogen and oxygen atoms in total. The molecule has 1 fully saturated rings. The van der Waals surface area contributed by atoms with Crippen molar-refractivity contribution in [1.29, 1.82) is 0 Å². The highest BCUT2D eigenvalue weighted by molar-refractivity contribution is 6.18. The predicted molar refractivity (Wildman–Crippen MR) is 62.2 cm³/mol. The molecule has 14 heavy (non-hydrogen) atoms. The Morgan fingerprint density at radius 2 is 2.29 bits per heavy atom. The molecule has 0 bridgehead atoms. The lowest BCUT2D eigenvalue weighted by Gasteiger charge is -2.29. The zero-order valence-corrected chi connectivity index (χ0v) is 9.94. The minimum atomic E-state index is 0. The van der Waals surface area contributed by atoms with Gasteiger partial charge in [0.2, 0.25) is 0 Å². The van der Waals surface area contributed by atoms with E-state index >= 15 is 0 Å². The van der Waals surface area contributed by atoms with Gasteiger partial charge in [0.15, 0.2) is 0 Å². The third-order valence-corrected chi connectivity index (χ3v) is 2.47. The van der Waals surface area contributed by atoms with Crippen LogP contribution < -0.4 is 5.32 Å². The average Bonchev–Trinajstić information content (AvgIpc) is 2.15. The summed E-state index contributed by atoms with van der Waals surface area (Å²) in [6, 6.07) is 0. The summed E-state index contributed by atoms with van der Waals surface area (Å²) in [4.78, 5) is 0. The molecule has 1 saturated heterocycles. The van der Waals surface area contributed by atoms with Crippen LogP contribution in [0.15, 0.2) is 0 Å². The highest BCUT2D eigenvalue weighted by Gasteiger charge is 2.21. The second-order valence-corrected chi connectivity index (χ2v) is 3.70. The number of hydrogen-bond donors (Lipinski definition) is 1. The summed E-state index contributed by atoms with van der Waals surface area (Å²) in [5.41, 5.74) is 0. The maximum Gasteiger partial charge on any atom is 0.438 e. The van der Waals surface area contributed by atoms with Gasteiger partial charge in [0.1, 0.15) is 0 Å². The summed E-state index contributed by atoms with van der Waals surface area (Å²) >= 11 is 0. The van der Waals surface area contributed by atoms with Crippen LogP contribution in [0.4, 0.5) is 0 Å². The zero-order chi connectivity index (χ0) is 9.52. The van der Waals surface area contributed by atoms with Crippen LogP contribution >= 0.6 is 12.4 Å². The molecule has 1 aliphatic heterocycles. The van der Waals surface area contributed by atoms with Gasteiger partial charge < -0.3 is 14.6 Å². The van der Waals surface area contributed by atoms with E-state index < -0.39 is 0 Å². The summed E-state index contributed by atoms with van der Waals surface area (Å²) in [6.45, 7) is 7.23. The van der Waals surface area contributed by atoms with Crippen LogP contribution in [0.2, 0.25) is 0 Å². The van der Waals surface area contributed by atoms with Crippen LogP contribution in [0.25, 0.3) is 0 Å². The van der Waals surface area contributed by atoms with Crippen molar-refractivity contribution in [2.24, 2.45) is 5.92 Å². The zero-order valence-electron chi connectivity index (χ0n) is 9.12. The number of nitrogens with one attached hydrogen (secondary N) is 1. The highest BCUT2D eigenvalue weighted by atomic mass is 35.5. The maximum absolute atomic E-state index is 5.61. The van der Waals surface area contributed by atoms with Crippen LogP contribution in [0.5, 0.6) is 0 Å². The molecule has 2 unspecified atom stereocenters. The Kier molecular flexibility index (Phi) is 8.68. The fourth-order valence-corrected chi connectivity index (χ4v) is 1.52. The number of hydrogen-bond acceptors (Lipinski definition) is 3. The van der Waals surface area contributed by atoms with Gasteiger partial charge in [-0.15, -0.1) is 12.4 Å². The first-order valence-electron chi connectivity index (χ1n) is 5.24. The highest BCUT2D eigenvalue weighted by Crippen LogP contribution is 2.13. The number of piperidine rings is 1. The van der Waals surface area contributed by atoms with Gasteiger partial charge >= 0.3 is 7.69 Å². The predicted octanol–water partition coefficient (Wildman–Crippen LogP) is 1.12. The first-order chi connectivity index (χ1) is 6.34. The normalized spacial score (nSPS) is 26.7. The van der Waals surface area contributed by atoms with Crippen LogP contribution in [-0.4, -0.2) is 33.5 Å². The summed E-state index contributed by atoms with van der Waals surface area (Å²) < 4.78 is 10.9. The molecule has 0 amide bonds. The first kappa shape index (κ1) is 14.2. The van der Waals surface area contributed by atoms with Crippen LogP contribution in [0, 0.1) is 5.92 Å². The molecule has 0 saturated carbocycles. The van der Waals surface area contributed by atoms with E-state index in [2.05, 4.69) is 19.2 Å². The molecule has 1 N–H and O–H groups in total. The van der Waals surface area contributed by atoms with Crippen LogP contribution in [0.1, 0.15) is 26.7 Å². The van der Waals surface area contributed by atoms with Gasteiger partial charge in [0, 0.05) is 13.2 Å². The molecule has 0 aromatic carbocycles. The largest absolute Gasteiger partial charge is 0.438 e. The summed E-state index contributed by atoms with van der Waals surface area (Å²) in [5.74, 6) is 0.659. The van der Waals surface area contributed by atoms with Gasteiger partial charge in [0.05, 0.1) is 6.10 Å². The molecule has 84 valence electrons. The van der Waals surface area contributed by atoms with Crippen LogP contribution in [0.3, 0.4) is 0 Å². The van der Waals surface area contributed by atoms with Gasteiger partial charge in [0.25, 0.3) is 0 Å². The van der Waals surface area contributed by atoms with E-state index in [9.17, 15) is 0 Å². The molecule has 0 aliphatic carbocycles. The third-order valence-electron chi connectivity index (χ3n) is 2.47. The number of rotatable bonds is 5. The molecule has 0 spiro atoms. The molecule has 1 rings (SSSR count). The fourth-order valence-electron chi connectivity index (χ4n) is 1.52. The summed E-state index contributed by atoms with van der Waals surface area (Å²) in [5, 5.41) is 3.33. The Labute approximate surface area is 93.6 Å². The van der Waals surface area contributed by atoms with E-state index in [-0.39, 0.29) is 12.4 Å². The van der Waals surface area contributed by atoms with Gasteiger partial charge in [-0.3, -0.25) is 0 Å². The molecular formula is C9H21BClNO2. The Morgan fingerprint density at radius 3 is 2.93 bits per heavy atom. The van der Waals surface area contributed by atoms with E-state index in [4.69, 9.17) is 9.31 Å². The maximum atomic E-state index is 5.61. The van der Waals surface area contributed by atoms with Gasteiger partial charge in [-0.25, -0.2) is 0 Å². The smallest absolute Gasteiger partial charge is 0.414 e. The van der Waals surface area contributed by atoms with Crippen molar-refractivity contribution < 1.29 is 9.31 Å². The number of halogens is 1. The van der Waals surface area contributed by atoms with Crippen molar-refractivity contribution in [3.05, 3.63) is 0 Å². The van der Waals surface area contributed by atoms with Crippen molar-refractivity contribution in [2.45, 2.75) is 32.8 Å². The molecular weight excluding hydrogens is 200 g/mol. The lowest BCUT2D eigenvalue weighted by molar-refractivity contribution is 0.0905. The third kappa shape index (κ3) is 5.20. The Balaban J connectivity index is 0.00000169. The quantitative estimate of drug-likeness (QED) is 0.557. The standard InChI is InChI=1S/C9H20BNO2.ClH/c1-3-6-12-10-13-9-7-11-5-4-8(9)2;/h8-11H,3-7H2,1-2H3;1H.